The molecule has 3 nitrogen and oxygen atoms in total. The summed E-state index contributed by atoms with van der Waals surface area (Å²) in [4.78, 5) is 14.6. The van der Waals surface area contributed by atoms with E-state index in [0.29, 0.717) is 12.6 Å². The number of ether oxygens (including phenoxy) is 1. The van der Waals surface area contributed by atoms with Crippen LogP contribution in [0.2, 0.25) is 0 Å². The van der Waals surface area contributed by atoms with Gasteiger partial charge in [-0.1, -0.05) is 53.4 Å². The lowest BCUT2D eigenvalue weighted by Gasteiger charge is -2.35. The van der Waals surface area contributed by atoms with Crippen LogP contribution < -0.4 is 0 Å². The maximum Gasteiger partial charge on any atom is 0.410 e. The van der Waals surface area contributed by atoms with Crippen LogP contribution in [0.15, 0.2) is 28.7 Å². The highest BCUT2D eigenvalue weighted by atomic mass is 79.9. The van der Waals surface area contributed by atoms with Crippen LogP contribution >= 0.6 is 15.9 Å². The minimum absolute atomic E-state index is 0.170. The van der Waals surface area contributed by atoms with Gasteiger partial charge in [-0.15, -0.1) is 0 Å². The van der Waals surface area contributed by atoms with Crippen LogP contribution in [0.5, 0.6) is 0 Å². The molecular weight excluding hydrogens is 354 g/mol. The van der Waals surface area contributed by atoms with E-state index >= 15 is 0 Å². The average Bonchev–Trinajstić information content (AvgIpc) is 2.48. The quantitative estimate of drug-likeness (QED) is 0.682. The Hall–Kier alpha value is -1.03. The molecular formula is C19H28BrNO2. The van der Waals surface area contributed by atoms with Crippen molar-refractivity contribution in [1.82, 2.24) is 4.90 Å². The summed E-state index contributed by atoms with van der Waals surface area (Å²) in [6, 6.07) is 8.53. The second-order valence-corrected chi connectivity index (χ2v) is 8.16. The van der Waals surface area contributed by atoms with E-state index in [1.807, 2.05) is 43.9 Å². The number of carbonyl (C=O) groups excluding carboxylic acids is 1. The largest absolute Gasteiger partial charge is 0.444 e. The highest BCUT2D eigenvalue weighted by molar-refractivity contribution is 9.10. The number of benzene rings is 1. The Labute approximate surface area is 148 Å². The van der Waals surface area contributed by atoms with Gasteiger partial charge in [0.25, 0.3) is 0 Å². The third kappa shape index (κ3) is 5.83. The summed E-state index contributed by atoms with van der Waals surface area (Å²) in [7, 11) is 0. The van der Waals surface area contributed by atoms with Crippen LogP contribution in [0, 0.1) is 0 Å². The van der Waals surface area contributed by atoms with Gasteiger partial charge in [0.05, 0.1) is 0 Å². The molecule has 2 rings (SSSR count). The Kier molecular flexibility index (Phi) is 6.51. The molecule has 0 unspecified atom stereocenters. The molecule has 0 bridgehead atoms. The molecule has 0 radical (unpaired) electrons. The molecule has 23 heavy (non-hydrogen) atoms. The maximum absolute atomic E-state index is 12.7. The second-order valence-electron chi connectivity index (χ2n) is 7.31. The molecule has 1 amide bonds. The SMILES string of the molecule is CC(C)(C)OC(=O)N(CCc1ccccc1Br)C1CCCCC1. The van der Waals surface area contributed by atoms with Crippen LogP contribution in [0.1, 0.15) is 58.4 Å². The summed E-state index contributed by atoms with van der Waals surface area (Å²) < 4.78 is 6.75. The van der Waals surface area contributed by atoms with Crippen LogP contribution in [0.4, 0.5) is 4.79 Å². The first-order chi connectivity index (χ1) is 10.9. The summed E-state index contributed by atoms with van der Waals surface area (Å²) in [5.74, 6) is 0. The normalized spacial score (nSPS) is 16.2. The minimum atomic E-state index is -0.447. The number of carbonyl (C=O) groups is 1. The summed E-state index contributed by atoms with van der Waals surface area (Å²) >= 11 is 3.59. The average molecular weight is 382 g/mol. The van der Waals surface area contributed by atoms with Crippen LogP contribution in [-0.2, 0) is 11.2 Å². The molecule has 4 heteroatoms. The zero-order chi connectivity index (χ0) is 16.9. The predicted molar refractivity (Wildman–Crippen MR) is 97.7 cm³/mol. The van der Waals surface area contributed by atoms with Crippen LogP contribution in [-0.4, -0.2) is 29.2 Å². The molecule has 1 aliphatic rings. The van der Waals surface area contributed by atoms with Crippen molar-refractivity contribution in [3.63, 3.8) is 0 Å². The van der Waals surface area contributed by atoms with Crippen molar-refractivity contribution in [3.8, 4) is 0 Å². The van der Waals surface area contributed by atoms with E-state index < -0.39 is 5.60 Å². The van der Waals surface area contributed by atoms with Gasteiger partial charge in [-0.05, 0) is 51.7 Å². The van der Waals surface area contributed by atoms with E-state index in [2.05, 4.69) is 22.0 Å². The van der Waals surface area contributed by atoms with Crippen molar-refractivity contribution < 1.29 is 9.53 Å². The Morgan fingerprint density at radius 2 is 1.87 bits per heavy atom. The number of halogens is 1. The van der Waals surface area contributed by atoms with Gasteiger partial charge in [0.15, 0.2) is 0 Å². The molecule has 0 atom stereocenters. The summed E-state index contributed by atoms with van der Waals surface area (Å²) in [6.45, 7) is 6.50. The van der Waals surface area contributed by atoms with Gasteiger partial charge in [0, 0.05) is 17.1 Å². The topological polar surface area (TPSA) is 29.5 Å². The fourth-order valence-corrected chi connectivity index (χ4v) is 3.56. The second kappa shape index (κ2) is 8.18. The van der Waals surface area contributed by atoms with Gasteiger partial charge in [-0.25, -0.2) is 4.79 Å². The molecule has 1 aliphatic carbocycles. The minimum Gasteiger partial charge on any atom is -0.444 e. The first-order valence-electron chi connectivity index (χ1n) is 8.60. The van der Waals surface area contributed by atoms with Crippen LogP contribution in [0.25, 0.3) is 0 Å². The van der Waals surface area contributed by atoms with Crippen molar-refractivity contribution in [2.75, 3.05) is 6.54 Å². The van der Waals surface area contributed by atoms with Crippen molar-refractivity contribution >= 4 is 22.0 Å². The Morgan fingerprint density at radius 3 is 2.48 bits per heavy atom. The fourth-order valence-electron chi connectivity index (χ4n) is 3.08. The lowest BCUT2D eigenvalue weighted by molar-refractivity contribution is 0.0124. The fraction of sp³-hybridized carbons (Fsp3) is 0.632. The summed E-state index contributed by atoms with van der Waals surface area (Å²) in [5.41, 5.74) is 0.786. The highest BCUT2D eigenvalue weighted by Crippen LogP contribution is 2.25. The first kappa shape index (κ1) is 18.3. The van der Waals surface area contributed by atoms with Gasteiger partial charge in [0.2, 0.25) is 0 Å². The maximum atomic E-state index is 12.7. The molecule has 0 heterocycles. The number of amides is 1. The lowest BCUT2D eigenvalue weighted by atomic mass is 9.94. The number of nitrogens with zero attached hydrogens (tertiary/aromatic N) is 1. The van der Waals surface area contributed by atoms with Gasteiger partial charge >= 0.3 is 6.09 Å². The highest BCUT2D eigenvalue weighted by Gasteiger charge is 2.29. The number of hydrogen-bond acceptors (Lipinski definition) is 2. The standard InChI is InChI=1S/C19H28BrNO2/c1-19(2,3)23-18(22)21(16-10-5-4-6-11-16)14-13-15-9-7-8-12-17(15)20/h7-9,12,16H,4-6,10-11,13-14H2,1-3H3. The smallest absolute Gasteiger partial charge is 0.410 e. The van der Waals surface area contributed by atoms with Crippen molar-refractivity contribution in [1.29, 1.82) is 0 Å². The van der Waals surface area contributed by atoms with Gasteiger partial charge in [0.1, 0.15) is 5.60 Å². The van der Waals surface area contributed by atoms with E-state index in [0.717, 1.165) is 23.7 Å². The van der Waals surface area contributed by atoms with Crippen molar-refractivity contribution in [2.24, 2.45) is 0 Å². The zero-order valence-electron chi connectivity index (χ0n) is 14.5. The van der Waals surface area contributed by atoms with Crippen molar-refractivity contribution in [2.45, 2.75) is 70.9 Å². The molecule has 0 spiro atoms. The predicted octanol–water partition coefficient (Wildman–Crippen LogP) is 5.56. The van der Waals surface area contributed by atoms with E-state index in [-0.39, 0.29) is 6.09 Å². The molecule has 0 N–H and O–H groups in total. The lowest BCUT2D eigenvalue weighted by Crippen LogP contribution is -2.45. The van der Waals surface area contributed by atoms with Gasteiger partial charge in [-0.2, -0.15) is 0 Å². The van der Waals surface area contributed by atoms with Gasteiger partial charge in [-0.3, -0.25) is 0 Å². The molecule has 1 aromatic rings. The first-order valence-corrected chi connectivity index (χ1v) is 9.39. The molecule has 0 aliphatic heterocycles. The molecule has 1 aromatic carbocycles. The number of hydrogen-bond donors (Lipinski definition) is 0. The molecule has 1 saturated carbocycles. The van der Waals surface area contributed by atoms with Gasteiger partial charge < -0.3 is 9.64 Å². The third-order valence-electron chi connectivity index (χ3n) is 4.22. The molecule has 128 valence electrons. The third-order valence-corrected chi connectivity index (χ3v) is 5.00. The van der Waals surface area contributed by atoms with E-state index in [1.54, 1.807) is 0 Å². The zero-order valence-corrected chi connectivity index (χ0v) is 16.1. The Bertz CT molecular complexity index is 518. The van der Waals surface area contributed by atoms with E-state index in [9.17, 15) is 4.79 Å². The van der Waals surface area contributed by atoms with E-state index in [4.69, 9.17) is 4.74 Å². The summed E-state index contributed by atoms with van der Waals surface area (Å²) in [5, 5.41) is 0. The molecule has 1 fully saturated rings. The molecule has 0 aromatic heterocycles. The Balaban J connectivity index is 2.06. The summed E-state index contributed by atoms with van der Waals surface area (Å²) in [6.07, 6.45) is 6.55. The van der Waals surface area contributed by atoms with Crippen LogP contribution in [0.3, 0.4) is 0 Å². The molecule has 0 saturated heterocycles. The monoisotopic (exact) mass is 381 g/mol. The Morgan fingerprint density at radius 1 is 1.22 bits per heavy atom. The van der Waals surface area contributed by atoms with Crippen molar-refractivity contribution in [3.05, 3.63) is 34.3 Å². The number of rotatable bonds is 4. The van der Waals surface area contributed by atoms with E-state index in [1.165, 1.54) is 24.8 Å².